The summed E-state index contributed by atoms with van der Waals surface area (Å²) < 4.78 is 0. The molecule has 0 aliphatic heterocycles. The van der Waals surface area contributed by atoms with E-state index in [1.165, 1.54) is 0 Å². The van der Waals surface area contributed by atoms with E-state index in [1.807, 2.05) is 109 Å². The fourth-order valence-electron chi connectivity index (χ4n) is 7.66. The molecular formula is C54H34N6. The van der Waals surface area contributed by atoms with Crippen molar-refractivity contribution in [3.8, 4) is 96.3 Å². The van der Waals surface area contributed by atoms with Crippen LogP contribution < -0.4 is 0 Å². The highest BCUT2D eigenvalue weighted by Crippen LogP contribution is 2.42. The summed E-state index contributed by atoms with van der Waals surface area (Å²) in [5.41, 5.74) is 13.1. The van der Waals surface area contributed by atoms with Crippen molar-refractivity contribution in [1.29, 1.82) is 5.26 Å². The van der Waals surface area contributed by atoms with Gasteiger partial charge in [-0.05, 0) is 57.6 Å². The molecule has 0 saturated heterocycles. The lowest BCUT2D eigenvalue weighted by Gasteiger charge is -2.18. The van der Waals surface area contributed by atoms with E-state index in [9.17, 15) is 5.26 Å². The van der Waals surface area contributed by atoms with E-state index in [4.69, 9.17) is 24.9 Å². The minimum Gasteiger partial charge on any atom is -0.228 e. The molecule has 0 spiro atoms. The first-order chi connectivity index (χ1) is 29.7. The van der Waals surface area contributed by atoms with Crippen molar-refractivity contribution in [2.45, 2.75) is 0 Å². The van der Waals surface area contributed by atoms with Crippen LogP contribution in [0.4, 0.5) is 0 Å². The zero-order chi connectivity index (χ0) is 40.3. The Balaban J connectivity index is 1.12. The predicted octanol–water partition coefficient (Wildman–Crippen LogP) is 13.0. The van der Waals surface area contributed by atoms with Gasteiger partial charge in [0.2, 0.25) is 0 Å². The third kappa shape index (κ3) is 7.08. The minimum atomic E-state index is 0.558. The standard InChI is InChI=1S/C54H34N6/c55-35-36-15-12-22-42(33-36)43-23-13-24-44(34-43)54-59-52(40-20-8-3-9-21-40)58-53(60-54)41-31-29-38(30-32-41)49-45(37-16-4-1-5-17-37)26-14-27-47(49)50-46-25-10-11-28-48(46)56-51(57-50)39-18-6-2-7-19-39/h1-34H. The highest BCUT2D eigenvalue weighted by molar-refractivity contribution is 6.02. The van der Waals surface area contributed by atoms with Crippen molar-refractivity contribution in [2.75, 3.05) is 0 Å². The Labute approximate surface area is 347 Å². The number of nitriles is 1. The fraction of sp³-hybridized carbons (Fsp3) is 0. The Hall–Kier alpha value is -8.40. The van der Waals surface area contributed by atoms with E-state index in [2.05, 4.69) is 103 Å². The highest BCUT2D eigenvalue weighted by Gasteiger charge is 2.20. The molecular weight excluding hydrogens is 733 g/mol. The van der Waals surface area contributed by atoms with E-state index in [-0.39, 0.29) is 0 Å². The average Bonchev–Trinajstić information content (AvgIpc) is 3.34. The second-order valence-corrected chi connectivity index (χ2v) is 14.4. The van der Waals surface area contributed by atoms with Gasteiger partial charge < -0.3 is 0 Å². The van der Waals surface area contributed by atoms with Gasteiger partial charge in [0.05, 0.1) is 22.8 Å². The summed E-state index contributed by atoms with van der Waals surface area (Å²) in [6, 6.07) is 71.7. The smallest absolute Gasteiger partial charge is 0.164 e. The third-order valence-corrected chi connectivity index (χ3v) is 10.6. The highest BCUT2D eigenvalue weighted by atomic mass is 15.0. The van der Waals surface area contributed by atoms with Gasteiger partial charge in [-0.25, -0.2) is 24.9 Å². The van der Waals surface area contributed by atoms with Crippen LogP contribution in [-0.2, 0) is 0 Å². The Morgan fingerprint density at radius 1 is 0.317 bits per heavy atom. The summed E-state index contributed by atoms with van der Waals surface area (Å²) in [6.07, 6.45) is 0. The second-order valence-electron chi connectivity index (χ2n) is 14.4. The van der Waals surface area contributed by atoms with Crippen LogP contribution in [0.25, 0.3) is 101 Å². The molecule has 2 heterocycles. The molecule has 6 heteroatoms. The molecule has 0 unspecified atom stereocenters. The van der Waals surface area contributed by atoms with Gasteiger partial charge in [0, 0.05) is 33.2 Å². The van der Waals surface area contributed by atoms with Gasteiger partial charge in [0.15, 0.2) is 23.3 Å². The van der Waals surface area contributed by atoms with Crippen LogP contribution >= 0.6 is 0 Å². The summed E-state index contributed by atoms with van der Waals surface area (Å²) in [4.78, 5) is 25.4. The zero-order valence-corrected chi connectivity index (χ0v) is 32.3. The van der Waals surface area contributed by atoms with Gasteiger partial charge in [0.1, 0.15) is 0 Å². The Kier molecular flexibility index (Phi) is 9.51. The molecule has 60 heavy (non-hydrogen) atoms. The van der Waals surface area contributed by atoms with E-state index in [0.29, 0.717) is 28.9 Å². The van der Waals surface area contributed by atoms with Crippen molar-refractivity contribution < 1.29 is 0 Å². The number of para-hydroxylation sites is 1. The van der Waals surface area contributed by atoms with Crippen molar-refractivity contribution in [1.82, 2.24) is 24.9 Å². The Morgan fingerprint density at radius 3 is 1.45 bits per heavy atom. The number of fused-ring (bicyclic) bond motifs is 1. The van der Waals surface area contributed by atoms with E-state index in [1.54, 1.807) is 0 Å². The van der Waals surface area contributed by atoms with Crippen molar-refractivity contribution >= 4 is 10.9 Å². The topological polar surface area (TPSA) is 88.2 Å². The van der Waals surface area contributed by atoms with Gasteiger partial charge in [0.25, 0.3) is 0 Å². The molecule has 0 radical (unpaired) electrons. The Morgan fingerprint density at radius 2 is 0.783 bits per heavy atom. The summed E-state index contributed by atoms with van der Waals surface area (Å²) in [7, 11) is 0. The molecule has 0 atom stereocenters. The molecule has 280 valence electrons. The first-order valence-electron chi connectivity index (χ1n) is 19.7. The molecule has 8 aromatic carbocycles. The maximum Gasteiger partial charge on any atom is 0.164 e. The predicted molar refractivity (Wildman–Crippen MR) is 241 cm³/mol. The van der Waals surface area contributed by atoms with Crippen molar-refractivity contribution in [2.24, 2.45) is 0 Å². The van der Waals surface area contributed by atoms with E-state index in [0.717, 1.165) is 77.8 Å². The van der Waals surface area contributed by atoms with Crippen LogP contribution in [0.15, 0.2) is 206 Å². The zero-order valence-electron chi connectivity index (χ0n) is 32.3. The molecule has 0 aliphatic rings. The van der Waals surface area contributed by atoms with Gasteiger partial charge in [-0.2, -0.15) is 5.26 Å². The van der Waals surface area contributed by atoms with Crippen LogP contribution in [0, 0.1) is 11.3 Å². The fourth-order valence-corrected chi connectivity index (χ4v) is 7.66. The molecule has 10 rings (SSSR count). The quantitative estimate of drug-likeness (QED) is 0.153. The number of benzene rings is 8. The lowest BCUT2D eigenvalue weighted by molar-refractivity contribution is 1.07. The molecule has 0 aliphatic carbocycles. The molecule has 2 aromatic heterocycles. The summed E-state index contributed by atoms with van der Waals surface area (Å²) in [6.45, 7) is 0. The van der Waals surface area contributed by atoms with Crippen LogP contribution in [-0.4, -0.2) is 24.9 Å². The first kappa shape index (κ1) is 36.0. The number of hydrogen-bond donors (Lipinski definition) is 0. The largest absolute Gasteiger partial charge is 0.228 e. The molecule has 0 amide bonds. The molecule has 0 N–H and O–H groups in total. The summed E-state index contributed by atoms with van der Waals surface area (Å²) in [5, 5.41) is 10.5. The minimum absolute atomic E-state index is 0.558. The van der Waals surface area contributed by atoms with Crippen LogP contribution in [0.2, 0.25) is 0 Å². The number of rotatable bonds is 8. The number of nitrogens with zero attached hydrogens (tertiary/aromatic N) is 6. The van der Waals surface area contributed by atoms with Crippen LogP contribution in [0.5, 0.6) is 0 Å². The lowest BCUT2D eigenvalue weighted by atomic mass is 9.88. The normalized spacial score (nSPS) is 11.0. The number of aromatic nitrogens is 5. The maximum absolute atomic E-state index is 9.54. The summed E-state index contributed by atoms with van der Waals surface area (Å²) in [5.74, 6) is 2.38. The van der Waals surface area contributed by atoms with Gasteiger partial charge in [-0.15, -0.1) is 0 Å². The monoisotopic (exact) mass is 766 g/mol. The van der Waals surface area contributed by atoms with E-state index < -0.39 is 0 Å². The molecule has 10 aromatic rings. The SMILES string of the molecule is N#Cc1cccc(-c2cccc(-c3nc(-c4ccccc4)nc(-c4ccc(-c5c(-c6ccccc6)cccc5-c5nc(-c6ccccc6)nc6ccccc56)cc4)n3)c2)c1. The van der Waals surface area contributed by atoms with Gasteiger partial charge in [-0.1, -0.05) is 182 Å². The molecule has 6 nitrogen and oxygen atoms in total. The molecule has 0 fully saturated rings. The third-order valence-electron chi connectivity index (χ3n) is 10.6. The molecule has 0 bridgehead atoms. The van der Waals surface area contributed by atoms with Crippen LogP contribution in [0.3, 0.4) is 0 Å². The molecule has 0 saturated carbocycles. The summed E-state index contributed by atoms with van der Waals surface area (Å²) >= 11 is 0. The van der Waals surface area contributed by atoms with Gasteiger partial charge >= 0.3 is 0 Å². The maximum atomic E-state index is 9.54. The van der Waals surface area contributed by atoms with Crippen LogP contribution in [0.1, 0.15) is 5.56 Å². The van der Waals surface area contributed by atoms with Crippen molar-refractivity contribution in [3.05, 3.63) is 212 Å². The van der Waals surface area contributed by atoms with Crippen molar-refractivity contribution in [3.63, 3.8) is 0 Å². The number of hydrogen-bond acceptors (Lipinski definition) is 6. The Bertz CT molecular complexity index is 3200. The first-order valence-corrected chi connectivity index (χ1v) is 19.7. The average molecular weight is 767 g/mol. The lowest BCUT2D eigenvalue weighted by Crippen LogP contribution is -2.00. The van der Waals surface area contributed by atoms with E-state index >= 15 is 0 Å². The second kappa shape index (κ2) is 15.9. The van der Waals surface area contributed by atoms with Gasteiger partial charge in [-0.3, -0.25) is 0 Å².